The second kappa shape index (κ2) is 6.21. The molecule has 1 N–H and O–H groups in total. The molecule has 0 saturated heterocycles. The van der Waals surface area contributed by atoms with E-state index in [4.69, 9.17) is 0 Å². The predicted octanol–water partition coefficient (Wildman–Crippen LogP) is 3.06. The van der Waals surface area contributed by atoms with E-state index >= 15 is 0 Å². The lowest BCUT2D eigenvalue weighted by atomic mass is 10.1. The van der Waals surface area contributed by atoms with Gasteiger partial charge in [0, 0.05) is 24.3 Å². The van der Waals surface area contributed by atoms with Crippen LogP contribution in [0.1, 0.15) is 18.6 Å². The highest BCUT2D eigenvalue weighted by atomic mass is 19.1. The molecule has 0 unspecified atom stereocenters. The number of nitrogens with zero attached hydrogens (tertiary/aromatic N) is 1. The van der Waals surface area contributed by atoms with E-state index in [1.54, 1.807) is 31.2 Å². The van der Waals surface area contributed by atoms with Crippen LogP contribution in [0, 0.1) is 5.82 Å². The van der Waals surface area contributed by atoms with E-state index in [9.17, 15) is 9.50 Å². The Bertz CT molecular complexity index is 391. The van der Waals surface area contributed by atoms with Crippen LogP contribution < -0.4 is 4.90 Å². The van der Waals surface area contributed by atoms with Gasteiger partial charge in [-0.15, -0.1) is 13.2 Å². The molecule has 0 aromatic heterocycles. The number of benzene rings is 1. The first-order chi connectivity index (χ1) is 8.11. The van der Waals surface area contributed by atoms with Gasteiger partial charge < -0.3 is 10.0 Å². The van der Waals surface area contributed by atoms with Gasteiger partial charge in [0.1, 0.15) is 5.82 Å². The maximum absolute atomic E-state index is 13.7. The predicted molar refractivity (Wildman–Crippen MR) is 69.6 cm³/mol. The molecule has 1 aromatic rings. The Labute approximate surface area is 102 Å². The number of rotatable bonds is 6. The summed E-state index contributed by atoms with van der Waals surface area (Å²) < 4.78 is 13.7. The Morgan fingerprint density at radius 3 is 2.41 bits per heavy atom. The van der Waals surface area contributed by atoms with Crippen LogP contribution in [-0.4, -0.2) is 18.2 Å². The largest absolute Gasteiger partial charge is 0.389 e. The van der Waals surface area contributed by atoms with Crippen LogP contribution in [0.25, 0.3) is 0 Å². The number of aliphatic hydroxyl groups is 1. The van der Waals surface area contributed by atoms with Crippen molar-refractivity contribution in [2.75, 3.05) is 18.0 Å². The summed E-state index contributed by atoms with van der Waals surface area (Å²) in [5.41, 5.74) is 0.996. The van der Waals surface area contributed by atoms with Crippen molar-refractivity contribution < 1.29 is 9.50 Å². The minimum absolute atomic E-state index is 0.316. The molecule has 1 rings (SSSR count). The Morgan fingerprint density at radius 2 is 1.94 bits per heavy atom. The van der Waals surface area contributed by atoms with Gasteiger partial charge >= 0.3 is 0 Å². The maximum atomic E-state index is 13.7. The van der Waals surface area contributed by atoms with Crippen molar-refractivity contribution in [3.05, 3.63) is 54.9 Å². The minimum atomic E-state index is -0.844. The van der Waals surface area contributed by atoms with Gasteiger partial charge in [-0.1, -0.05) is 18.2 Å². The van der Waals surface area contributed by atoms with E-state index in [0.717, 1.165) is 0 Å². The highest BCUT2D eigenvalue weighted by Crippen LogP contribution is 2.28. The molecule has 0 aliphatic heterocycles. The molecule has 2 nitrogen and oxygen atoms in total. The van der Waals surface area contributed by atoms with Gasteiger partial charge in [-0.3, -0.25) is 0 Å². The van der Waals surface area contributed by atoms with E-state index in [1.165, 1.54) is 6.07 Å². The highest BCUT2D eigenvalue weighted by molar-refractivity contribution is 5.56. The fourth-order valence-electron chi connectivity index (χ4n) is 1.80. The highest BCUT2D eigenvalue weighted by Gasteiger charge is 2.16. The van der Waals surface area contributed by atoms with Gasteiger partial charge in [0.05, 0.1) is 6.10 Å². The number of halogens is 1. The average Bonchev–Trinajstić information content (AvgIpc) is 2.28. The van der Waals surface area contributed by atoms with Gasteiger partial charge in [-0.2, -0.15) is 0 Å². The first-order valence-corrected chi connectivity index (χ1v) is 5.55. The summed E-state index contributed by atoms with van der Waals surface area (Å²) in [4.78, 5) is 1.91. The molecule has 0 spiro atoms. The molecule has 0 bridgehead atoms. The molecule has 0 aliphatic rings. The van der Waals surface area contributed by atoms with Crippen LogP contribution in [0.15, 0.2) is 43.5 Å². The van der Waals surface area contributed by atoms with Crippen LogP contribution in [0.2, 0.25) is 0 Å². The lowest BCUT2D eigenvalue weighted by molar-refractivity contribution is 0.194. The fraction of sp³-hybridized carbons (Fsp3) is 0.286. The lowest BCUT2D eigenvalue weighted by Gasteiger charge is -2.25. The summed E-state index contributed by atoms with van der Waals surface area (Å²) in [6, 6.07) is 4.78. The molecule has 0 fully saturated rings. The number of anilines is 1. The lowest BCUT2D eigenvalue weighted by Crippen LogP contribution is -2.25. The zero-order chi connectivity index (χ0) is 12.8. The SMILES string of the molecule is C=CCN(CC=C)c1cccc(F)c1[C@H](C)O. The van der Waals surface area contributed by atoms with Gasteiger partial charge in [-0.05, 0) is 19.1 Å². The fourth-order valence-corrected chi connectivity index (χ4v) is 1.80. The van der Waals surface area contributed by atoms with Crippen molar-refractivity contribution in [2.24, 2.45) is 0 Å². The van der Waals surface area contributed by atoms with Crippen LogP contribution in [0.3, 0.4) is 0 Å². The van der Waals surface area contributed by atoms with E-state index in [1.807, 2.05) is 4.90 Å². The summed E-state index contributed by atoms with van der Waals surface area (Å²) in [5.74, 6) is -0.393. The molecule has 1 aromatic carbocycles. The topological polar surface area (TPSA) is 23.5 Å². The van der Waals surface area contributed by atoms with Crippen molar-refractivity contribution in [3.63, 3.8) is 0 Å². The van der Waals surface area contributed by atoms with Crippen LogP contribution in [0.5, 0.6) is 0 Å². The number of hydrogen-bond donors (Lipinski definition) is 1. The molecular weight excluding hydrogens is 217 g/mol. The summed E-state index contributed by atoms with van der Waals surface area (Å²) >= 11 is 0. The summed E-state index contributed by atoms with van der Waals surface area (Å²) in [6.45, 7) is 10.1. The molecule has 3 heteroatoms. The van der Waals surface area contributed by atoms with Gasteiger partial charge in [0.15, 0.2) is 0 Å². The van der Waals surface area contributed by atoms with Crippen LogP contribution in [-0.2, 0) is 0 Å². The molecule has 0 amide bonds. The second-order valence-corrected chi connectivity index (χ2v) is 3.83. The van der Waals surface area contributed by atoms with Crippen molar-refractivity contribution in [3.8, 4) is 0 Å². The zero-order valence-electron chi connectivity index (χ0n) is 10.1. The zero-order valence-corrected chi connectivity index (χ0v) is 10.1. The van der Waals surface area contributed by atoms with Crippen LogP contribution in [0.4, 0.5) is 10.1 Å². The van der Waals surface area contributed by atoms with Gasteiger partial charge in [-0.25, -0.2) is 4.39 Å². The Morgan fingerprint density at radius 1 is 1.35 bits per heavy atom. The third-order valence-corrected chi connectivity index (χ3v) is 2.49. The quantitative estimate of drug-likeness (QED) is 0.766. The standard InChI is InChI=1S/C14H18FNO/c1-4-9-16(10-5-2)13-8-6-7-12(15)14(13)11(3)17/h4-8,11,17H,1-2,9-10H2,3H3/t11-/m0/s1. The molecule has 92 valence electrons. The van der Waals surface area contributed by atoms with Gasteiger partial charge in [0.25, 0.3) is 0 Å². The normalized spacial score (nSPS) is 11.9. The molecule has 0 heterocycles. The number of hydrogen-bond acceptors (Lipinski definition) is 2. The molecule has 1 atom stereocenters. The molecule has 17 heavy (non-hydrogen) atoms. The smallest absolute Gasteiger partial charge is 0.131 e. The molecular formula is C14H18FNO. The van der Waals surface area contributed by atoms with E-state index in [-0.39, 0.29) is 0 Å². The van der Waals surface area contributed by atoms with E-state index in [2.05, 4.69) is 13.2 Å². The van der Waals surface area contributed by atoms with Gasteiger partial charge in [0.2, 0.25) is 0 Å². The Balaban J connectivity index is 3.21. The van der Waals surface area contributed by atoms with Crippen molar-refractivity contribution >= 4 is 5.69 Å². The third kappa shape index (κ3) is 3.17. The third-order valence-electron chi connectivity index (χ3n) is 2.49. The second-order valence-electron chi connectivity index (χ2n) is 3.83. The van der Waals surface area contributed by atoms with Crippen molar-refractivity contribution in [1.82, 2.24) is 0 Å². The molecule has 0 aliphatic carbocycles. The summed E-state index contributed by atoms with van der Waals surface area (Å²) in [7, 11) is 0. The van der Waals surface area contributed by atoms with E-state index in [0.29, 0.717) is 24.3 Å². The Kier molecular flexibility index (Phi) is 4.91. The minimum Gasteiger partial charge on any atom is -0.389 e. The average molecular weight is 235 g/mol. The van der Waals surface area contributed by atoms with Crippen LogP contribution >= 0.6 is 0 Å². The monoisotopic (exact) mass is 235 g/mol. The van der Waals surface area contributed by atoms with Crippen molar-refractivity contribution in [1.29, 1.82) is 0 Å². The first kappa shape index (κ1) is 13.5. The molecule has 0 saturated carbocycles. The van der Waals surface area contributed by atoms with E-state index < -0.39 is 11.9 Å². The Hall–Kier alpha value is -1.61. The summed E-state index contributed by atoms with van der Waals surface area (Å²) in [5, 5.41) is 9.65. The first-order valence-electron chi connectivity index (χ1n) is 5.55. The number of aliphatic hydroxyl groups excluding tert-OH is 1. The summed E-state index contributed by atoms with van der Waals surface area (Å²) in [6.07, 6.45) is 2.63. The molecule has 0 radical (unpaired) electrons. The maximum Gasteiger partial charge on any atom is 0.131 e. The van der Waals surface area contributed by atoms with Crippen molar-refractivity contribution in [2.45, 2.75) is 13.0 Å².